The highest BCUT2D eigenvalue weighted by Crippen LogP contribution is 2.27. The van der Waals surface area contributed by atoms with Crippen molar-refractivity contribution in [1.29, 1.82) is 0 Å². The van der Waals surface area contributed by atoms with E-state index >= 15 is 0 Å². The molecule has 1 aromatic heterocycles. The van der Waals surface area contributed by atoms with Gasteiger partial charge in [-0.1, -0.05) is 6.07 Å². The standard InChI is InChI=1S/C19H25N5O3/c1-24-12-14(9-23-24)16-10-20-11-17(16)19(26)22-7-6-21-18(25)13-4-3-5-15(8-13)27-2/h3-5,8-9,12,16-17,20H,6-7,10-11H2,1-2H3,(H,21,25)(H,22,26)/t16-,17+/m1/s1. The van der Waals surface area contributed by atoms with Gasteiger partial charge in [-0.05, 0) is 23.8 Å². The van der Waals surface area contributed by atoms with Crippen molar-refractivity contribution in [1.82, 2.24) is 25.7 Å². The molecular formula is C19H25N5O3. The maximum absolute atomic E-state index is 12.5. The molecule has 3 N–H and O–H groups in total. The summed E-state index contributed by atoms with van der Waals surface area (Å²) >= 11 is 0. The Kier molecular flexibility index (Phi) is 6.08. The minimum atomic E-state index is -0.195. The van der Waals surface area contributed by atoms with Crippen molar-refractivity contribution in [2.75, 3.05) is 33.3 Å². The van der Waals surface area contributed by atoms with Gasteiger partial charge < -0.3 is 20.7 Å². The quantitative estimate of drug-likeness (QED) is 0.608. The number of benzene rings is 1. The van der Waals surface area contributed by atoms with Crippen LogP contribution in [0.2, 0.25) is 0 Å². The van der Waals surface area contributed by atoms with Gasteiger partial charge in [0.2, 0.25) is 5.91 Å². The van der Waals surface area contributed by atoms with Crippen molar-refractivity contribution in [3.8, 4) is 5.75 Å². The Balaban J connectivity index is 1.45. The first-order valence-corrected chi connectivity index (χ1v) is 8.97. The van der Waals surface area contributed by atoms with E-state index in [4.69, 9.17) is 4.74 Å². The summed E-state index contributed by atoms with van der Waals surface area (Å²) in [6.07, 6.45) is 3.76. The largest absolute Gasteiger partial charge is 0.497 e. The summed E-state index contributed by atoms with van der Waals surface area (Å²) in [6.45, 7) is 2.14. The Morgan fingerprint density at radius 2 is 2.11 bits per heavy atom. The second-order valence-electron chi connectivity index (χ2n) is 6.60. The van der Waals surface area contributed by atoms with Gasteiger partial charge in [-0.2, -0.15) is 5.10 Å². The highest BCUT2D eigenvalue weighted by molar-refractivity contribution is 5.94. The molecule has 2 amide bonds. The zero-order valence-corrected chi connectivity index (χ0v) is 15.6. The van der Waals surface area contributed by atoms with Gasteiger partial charge in [0.15, 0.2) is 0 Å². The Morgan fingerprint density at radius 3 is 2.85 bits per heavy atom. The van der Waals surface area contributed by atoms with Crippen LogP contribution in [0.1, 0.15) is 21.8 Å². The van der Waals surface area contributed by atoms with E-state index in [0.717, 1.165) is 12.1 Å². The van der Waals surface area contributed by atoms with Crippen LogP contribution in [0.5, 0.6) is 5.75 Å². The van der Waals surface area contributed by atoms with Gasteiger partial charge in [0.05, 0.1) is 19.2 Å². The van der Waals surface area contributed by atoms with E-state index in [-0.39, 0.29) is 23.7 Å². The summed E-state index contributed by atoms with van der Waals surface area (Å²) in [7, 11) is 3.43. The highest BCUT2D eigenvalue weighted by Gasteiger charge is 2.34. The molecule has 0 saturated carbocycles. The molecule has 144 valence electrons. The molecule has 0 bridgehead atoms. The van der Waals surface area contributed by atoms with Crippen LogP contribution in [0.3, 0.4) is 0 Å². The zero-order valence-electron chi connectivity index (χ0n) is 15.6. The second kappa shape index (κ2) is 8.68. The predicted octanol–water partition coefficient (Wildman–Crippen LogP) is 0.278. The van der Waals surface area contributed by atoms with Crippen molar-refractivity contribution >= 4 is 11.8 Å². The molecule has 3 rings (SSSR count). The third kappa shape index (κ3) is 4.65. The number of aryl methyl sites for hydroxylation is 1. The topological polar surface area (TPSA) is 97.3 Å². The molecule has 1 aromatic carbocycles. The van der Waals surface area contributed by atoms with E-state index in [2.05, 4.69) is 21.0 Å². The first kappa shape index (κ1) is 18.9. The molecule has 0 unspecified atom stereocenters. The van der Waals surface area contributed by atoms with Crippen molar-refractivity contribution in [3.63, 3.8) is 0 Å². The lowest BCUT2D eigenvalue weighted by Crippen LogP contribution is -2.39. The van der Waals surface area contributed by atoms with Crippen LogP contribution >= 0.6 is 0 Å². The molecule has 0 radical (unpaired) electrons. The van der Waals surface area contributed by atoms with Crippen LogP contribution in [0.15, 0.2) is 36.7 Å². The molecule has 2 aromatic rings. The number of hydrogen-bond donors (Lipinski definition) is 3. The average molecular weight is 371 g/mol. The number of aromatic nitrogens is 2. The van der Waals surface area contributed by atoms with E-state index in [1.165, 1.54) is 0 Å². The maximum atomic E-state index is 12.5. The number of nitrogens with one attached hydrogen (secondary N) is 3. The fraction of sp³-hybridized carbons (Fsp3) is 0.421. The molecular weight excluding hydrogens is 346 g/mol. The molecule has 1 fully saturated rings. The Hall–Kier alpha value is -2.87. The molecule has 2 heterocycles. The van der Waals surface area contributed by atoms with Gasteiger partial charge >= 0.3 is 0 Å². The fourth-order valence-electron chi connectivity index (χ4n) is 3.30. The van der Waals surface area contributed by atoms with Crippen LogP contribution in [-0.4, -0.2) is 54.9 Å². The van der Waals surface area contributed by atoms with Gasteiger partial charge in [-0.25, -0.2) is 0 Å². The van der Waals surface area contributed by atoms with Crippen LogP contribution in [-0.2, 0) is 11.8 Å². The van der Waals surface area contributed by atoms with Crippen LogP contribution < -0.4 is 20.7 Å². The molecule has 2 atom stereocenters. The molecule has 8 nitrogen and oxygen atoms in total. The predicted molar refractivity (Wildman–Crippen MR) is 101 cm³/mol. The summed E-state index contributed by atoms with van der Waals surface area (Å²) in [4.78, 5) is 24.7. The summed E-state index contributed by atoms with van der Waals surface area (Å²) in [5.74, 6) is 0.405. The second-order valence-corrected chi connectivity index (χ2v) is 6.60. The lowest BCUT2D eigenvalue weighted by Gasteiger charge is -2.17. The first-order chi connectivity index (χ1) is 13.1. The number of ether oxygens (including phenoxy) is 1. The van der Waals surface area contributed by atoms with E-state index in [1.807, 2.05) is 19.4 Å². The Bertz CT molecular complexity index is 804. The number of carbonyl (C=O) groups is 2. The van der Waals surface area contributed by atoms with Crippen molar-refractivity contribution in [2.45, 2.75) is 5.92 Å². The smallest absolute Gasteiger partial charge is 0.251 e. The number of hydrogen-bond acceptors (Lipinski definition) is 5. The molecule has 27 heavy (non-hydrogen) atoms. The number of nitrogens with zero attached hydrogens (tertiary/aromatic N) is 2. The zero-order chi connectivity index (χ0) is 19.2. The van der Waals surface area contributed by atoms with Gasteiger partial charge in [0.1, 0.15) is 5.75 Å². The highest BCUT2D eigenvalue weighted by atomic mass is 16.5. The fourth-order valence-corrected chi connectivity index (χ4v) is 3.30. The minimum absolute atomic E-state index is 0.00974. The summed E-state index contributed by atoms with van der Waals surface area (Å²) in [5, 5.41) is 13.2. The Morgan fingerprint density at radius 1 is 1.30 bits per heavy atom. The lowest BCUT2D eigenvalue weighted by molar-refractivity contribution is -0.124. The summed E-state index contributed by atoms with van der Waals surface area (Å²) in [6, 6.07) is 6.95. The number of methoxy groups -OCH3 is 1. The number of carbonyl (C=O) groups excluding carboxylic acids is 2. The molecule has 0 spiro atoms. The average Bonchev–Trinajstić information content (AvgIpc) is 3.33. The van der Waals surface area contributed by atoms with Gasteiger partial charge in [0.25, 0.3) is 5.91 Å². The normalized spacial score (nSPS) is 18.9. The first-order valence-electron chi connectivity index (χ1n) is 8.97. The van der Waals surface area contributed by atoms with Crippen LogP contribution in [0, 0.1) is 5.92 Å². The lowest BCUT2D eigenvalue weighted by atomic mass is 9.90. The minimum Gasteiger partial charge on any atom is -0.497 e. The van der Waals surface area contributed by atoms with Gasteiger partial charge in [0, 0.05) is 50.9 Å². The van der Waals surface area contributed by atoms with Gasteiger partial charge in [-0.3, -0.25) is 14.3 Å². The molecule has 0 aliphatic carbocycles. The van der Waals surface area contributed by atoms with E-state index in [9.17, 15) is 9.59 Å². The summed E-state index contributed by atoms with van der Waals surface area (Å²) < 4.78 is 6.86. The SMILES string of the molecule is COc1cccc(C(=O)NCCNC(=O)[C@H]2CNC[C@@H]2c2cnn(C)c2)c1. The van der Waals surface area contributed by atoms with Gasteiger partial charge in [-0.15, -0.1) is 0 Å². The monoisotopic (exact) mass is 371 g/mol. The van der Waals surface area contributed by atoms with Crippen molar-refractivity contribution in [2.24, 2.45) is 13.0 Å². The molecule has 1 aliphatic rings. The van der Waals surface area contributed by atoms with Crippen LogP contribution in [0.25, 0.3) is 0 Å². The van der Waals surface area contributed by atoms with Crippen molar-refractivity contribution in [3.05, 3.63) is 47.8 Å². The van der Waals surface area contributed by atoms with E-state index < -0.39 is 0 Å². The summed E-state index contributed by atoms with van der Waals surface area (Å²) in [5.41, 5.74) is 1.59. The number of amides is 2. The third-order valence-electron chi connectivity index (χ3n) is 4.75. The molecule has 1 saturated heterocycles. The van der Waals surface area contributed by atoms with E-state index in [0.29, 0.717) is 30.9 Å². The van der Waals surface area contributed by atoms with E-state index in [1.54, 1.807) is 36.1 Å². The molecule has 8 heteroatoms. The maximum Gasteiger partial charge on any atom is 0.251 e. The van der Waals surface area contributed by atoms with Crippen LogP contribution in [0.4, 0.5) is 0 Å². The third-order valence-corrected chi connectivity index (χ3v) is 4.75. The Labute approximate surface area is 158 Å². The number of rotatable bonds is 7. The molecule has 1 aliphatic heterocycles. The van der Waals surface area contributed by atoms with Crippen molar-refractivity contribution < 1.29 is 14.3 Å².